The van der Waals surface area contributed by atoms with Crippen LogP contribution in [0.4, 0.5) is 5.69 Å². The van der Waals surface area contributed by atoms with Gasteiger partial charge < -0.3 is 11.1 Å². The van der Waals surface area contributed by atoms with Gasteiger partial charge in [0.25, 0.3) is 15.9 Å². The van der Waals surface area contributed by atoms with Gasteiger partial charge in [0.05, 0.1) is 21.6 Å². The smallest absolute Gasteiger partial charge is 0.261 e. The Morgan fingerprint density at radius 2 is 1.61 bits per heavy atom. The first-order valence-electron chi connectivity index (χ1n) is 11.1. The summed E-state index contributed by atoms with van der Waals surface area (Å²) in [5, 5.41) is 3.62. The third-order valence-electron chi connectivity index (χ3n) is 7.50. The fourth-order valence-corrected chi connectivity index (χ4v) is 7.80. The summed E-state index contributed by atoms with van der Waals surface area (Å²) in [7, 11) is -3.91. The normalized spacial score (nSPS) is 30.1. The highest BCUT2D eigenvalue weighted by Gasteiger charge is 2.60. The molecule has 4 aliphatic rings. The summed E-state index contributed by atoms with van der Waals surface area (Å²) in [5.41, 5.74) is 5.21. The molecule has 2 aromatic carbocycles. The summed E-state index contributed by atoms with van der Waals surface area (Å²) in [6, 6.07) is 12.3. The van der Waals surface area contributed by atoms with Crippen molar-refractivity contribution in [2.75, 3.05) is 4.72 Å². The standard InChI is InChI=1S/C24H26ClN3O4S/c25-17-5-7-18(8-6-17)33(31,32)28-20-4-2-1-3-19(20)21(29)27-24-12-15-9-16(13-24)11-23(10-15,14-24)22(26)30/h1-8,15-16,28H,9-14H2,(H2,26,30)(H,27,29). The summed E-state index contributed by atoms with van der Waals surface area (Å²) in [6.45, 7) is 0. The molecule has 0 aliphatic heterocycles. The monoisotopic (exact) mass is 487 g/mol. The van der Waals surface area contributed by atoms with Crippen LogP contribution in [0.5, 0.6) is 0 Å². The molecule has 174 valence electrons. The van der Waals surface area contributed by atoms with Crippen molar-refractivity contribution in [2.45, 2.75) is 49.0 Å². The average molecular weight is 488 g/mol. The van der Waals surface area contributed by atoms with Crippen molar-refractivity contribution in [2.24, 2.45) is 23.0 Å². The number of anilines is 1. The average Bonchev–Trinajstić information content (AvgIpc) is 2.72. The Morgan fingerprint density at radius 1 is 0.970 bits per heavy atom. The van der Waals surface area contributed by atoms with Gasteiger partial charge in [0.2, 0.25) is 5.91 Å². The predicted molar refractivity (Wildman–Crippen MR) is 125 cm³/mol. The predicted octanol–water partition coefficient (Wildman–Crippen LogP) is 3.69. The van der Waals surface area contributed by atoms with E-state index in [0.29, 0.717) is 23.3 Å². The molecular weight excluding hydrogens is 462 g/mol. The fraction of sp³-hybridized carbons (Fsp3) is 0.417. The largest absolute Gasteiger partial charge is 0.369 e. The molecule has 2 atom stereocenters. The zero-order valence-corrected chi connectivity index (χ0v) is 19.6. The van der Waals surface area contributed by atoms with E-state index in [1.54, 1.807) is 24.3 Å². The van der Waals surface area contributed by atoms with Gasteiger partial charge in [0.15, 0.2) is 0 Å². The van der Waals surface area contributed by atoms with Gasteiger partial charge >= 0.3 is 0 Å². The lowest BCUT2D eigenvalue weighted by Crippen LogP contribution is -2.65. The molecule has 33 heavy (non-hydrogen) atoms. The van der Waals surface area contributed by atoms with Crippen molar-refractivity contribution in [3.8, 4) is 0 Å². The number of amides is 2. The highest BCUT2D eigenvalue weighted by Crippen LogP contribution is 2.61. The van der Waals surface area contributed by atoms with E-state index in [1.807, 2.05) is 0 Å². The van der Waals surface area contributed by atoms with Crippen LogP contribution in [-0.4, -0.2) is 25.8 Å². The number of sulfonamides is 1. The Labute approximate surface area is 198 Å². The number of carbonyl (C=O) groups is 2. The molecule has 4 aliphatic carbocycles. The van der Waals surface area contributed by atoms with Gasteiger partial charge in [0.1, 0.15) is 0 Å². The van der Waals surface area contributed by atoms with E-state index in [9.17, 15) is 18.0 Å². The van der Waals surface area contributed by atoms with E-state index < -0.39 is 21.0 Å². The van der Waals surface area contributed by atoms with Crippen LogP contribution in [-0.2, 0) is 14.8 Å². The maximum absolute atomic E-state index is 13.4. The minimum absolute atomic E-state index is 0.0478. The third-order valence-corrected chi connectivity index (χ3v) is 9.14. The van der Waals surface area contributed by atoms with Crippen molar-refractivity contribution in [1.82, 2.24) is 5.32 Å². The van der Waals surface area contributed by atoms with Gasteiger partial charge in [-0.3, -0.25) is 14.3 Å². The Balaban J connectivity index is 1.41. The van der Waals surface area contributed by atoms with E-state index in [4.69, 9.17) is 17.3 Å². The van der Waals surface area contributed by atoms with E-state index in [0.717, 1.165) is 32.1 Å². The van der Waals surface area contributed by atoms with Crippen LogP contribution >= 0.6 is 11.6 Å². The summed E-state index contributed by atoms with van der Waals surface area (Å²) < 4.78 is 28.3. The van der Waals surface area contributed by atoms with E-state index in [2.05, 4.69) is 10.0 Å². The molecule has 0 aromatic heterocycles. The lowest BCUT2D eigenvalue weighted by Gasteiger charge is -2.61. The fourth-order valence-electron chi connectivity index (χ4n) is 6.59. The Hall–Kier alpha value is -2.58. The molecule has 4 saturated carbocycles. The van der Waals surface area contributed by atoms with Gasteiger partial charge in [0, 0.05) is 10.6 Å². The number of halogens is 1. The molecule has 2 amide bonds. The number of carbonyl (C=O) groups excluding carboxylic acids is 2. The first-order chi connectivity index (χ1) is 15.6. The quantitative estimate of drug-likeness (QED) is 0.575. The molecule has 0 heterocycles. The number of hydrogen-bond acceptors (Lipinski definition) is 4. The van der Waals surface area contributed by atoms with Crippen molar-refractivity contribution in [3.63, 3.8) is 0 Å². The first kappa shape index (κ1) is 22.2. The number of benzene rings is 2. The molecule has 7 nitrogen and oxygen atoms in total. The summed E-state index contributed by atoms with van der Waals surface area (Å²) >= 11 is 5.87. The molecule has 2 aromatic rings. The maximum Gasteiger partial charge on any atom is 0.261 e. The molecule has 0 radical (unpaired) electrons. The van der Waals surface area contributed by atoms with Crippen LogP contribution in [0.1, 0.15) is 48.9 Å². The second-order valence-electron chi connectivity index (χ2n) is 9.95. The number of nitrogens with two attached hydrogens (primary N) is 1. The molecule has 6 rings (SSSR count). The van der Waals surface area contributed by atoms with Crippen molar-refractivity contribution in [3.05, 3.63) is 59.1 Å². The minimum Gasteiger partial charge on any atom is -0.369 e. The van der Waals surface area contributed by atoms with E-state index in [-0.39, 0.29) is 28.0 Å². The molecule has 4 fully saturated rings. The number of hydrogen-bond donors (Lipinski definition) is 3. The van der Waals surface area contributed by atoms with Crippen LogP contribution in [0.15, 0.2) is 53.4 Å². The zero-order chi connectivity index (χ0) is 23.4. The highest BCUT2D eigenvalue weighted by molar-refractivity contribution is 7.92. The molecule has 9 heteroatoms. The molecule has 4 bridgehead atoms. The third kappa shape index (κ3) is 3.99. The van der Waals surface area contributed by atoms with Gasteiger partial charge in [-0.05, 0) is 86.8 Å². The molecule has 0 spiro atoms. The summed E-state index contributed by atoms with van der Waals surface area (Å²) in [5.74, 6) is 0.118. The topological polar surface area (TPSA) is 118 Å². The van der Waals surface area contributed by atoms with E-state index in [1.165, 1.54) is 24.3 Å². The van der Waals surface area contributed by atoms with Crippen LogP contribution in [0, 0.1) is 17.3 Å². The van der Waals surface area contributed by atoms with Gasteiger partial charge in [-0.1, -0.05) is 23.7 Å². The second-order valence-corrected chi connectivity index (χ2v) is 12.1. The SMILES string of the molecule is NC(=O)C12CC3CC(CC(NC(=O)c4ccccc4NS(=O)(=O)c4ccc(Cl)cc4)(C3)C1)C2. The maximum atomic E-state index is 13.4. The number of para-hydroxylation sites is 1. The minimum atomic E-state index is -3.91. The summed E-state index contributed by atoms with van der Waals surface area (Å²) in [6.07, 6.45) is 4.87. The Morgan fingerprint density at radius 3 is 2.24 bits per heavy atom. The second kappa shape index (κ2) is 7.74. The highest BCUT2D eigenvalue weighted by atomic mass is 35.5. The lowest BCUT2D eigenvalue weighted by atomic mass is 9.46. The lowest BCUT2D eigenvalue weighted by molar-refractivity contribution is -0.146. The van der Waals surface area contributed by atoms with Crippen molar-refractivity contribution >= 4 is 39.1 Å². The first-order valence-corrected chi connectivity index (χ1v) is 13.0. The molecule has 2 unspecified atom stereocenters. The van der Waals surface area contributed by atoms with Crippen LogP contribution in [0.3, 0.4) is 0 Å². The van der Waals surface area contributed by atoms with Gasteiger partial charge in [-0.15, -0.1) is 0 Å². The van der Waals surface area contributed by atoms with Gasteiger partial charge in [-0.2, -0.15) is 0 Å². The zero-order valence-electron chi connectivity index (χ0n) is 18.0. The number of rotatable bonds is 6. The Bertz CT molecular complexity index is 1210. The van der Waals surface area contributed by atoms with Crippen LogP contribution in [0.25, 0.3) is 0 Å². The molecule has 4 N–H and O–H groups in total. The van der Waals surface area contributed by atoms with Crippen LogP contribution < -0.4 is 15.8 Å². The van der Waals surface area contributed by atoms with Crippen molar-refractivity contribution < 1.29 is 18.0 Å². The van der Waals surface area contributed by atoms with E-state index >= 15 is 0 Å². The molecular formula is C24H26ClN3O4S. The Kier molecular flexibility index (Phi) is 5.21. The van der Waals surface area contributed by atoms with Crippen LogP contribution in [0.2, 0.25) is 5.02 Å². The number of primary amides is 1. The molecule has 0 saturated heterocycles. The number of nitrogens with one attached hydrogen (secondary N) is 2. The van der Waals surface area contributed by atoms with Crippen molar-refractivity contribution in [1.29, 1.82) is 0 Å². The van der Waals surface area contributed by atoms with Gasteiger partial charge in [-0.25, -0.2) is 8.42 Å². The summed E-state index contributed by atoms with van der Waals surface area (Å²) in [4.78, 5) is 25.8.